The molecule has 2 fully saturated rings. The second-order valence-electron chi connectivity index (χ2n) is 10.6. The van der Waals surface area contributed by atoms with Crippen LogP contribution in [-0.4, -0.2) is 93.1 Å². The predicted molar refractivity (Wildman–Crippen MR) is 166 cm³/mol. The van der Waals surface area contributed by atoms with E-state index in [4.69, 9.17) is 10.5 Å². The van der Waals surface area contributed by atoms with Gasteiger partial charge < -0.3 is 35.8 Å². The van der Waals surface area contributed by atoms with Gasteiger partial charge in [-0.15, -0.1) is 0 Å². The van der Waals surface area contributed by atoms with Gasteiger partial charge in [-0.25, -0.2) is 14.4 Å². The number of allylic oxidation sites excluding steroid dienone is 1. The van der Waals surface area contributed by atoms with E-state index in [1.807, 2.05) is 16.8 Å². The topological polar surface area (TPSA) is 123 Å². The number of amides is 1. The van der Waals surface area contributed by atoms with Crippen molar-refractivity contribution in [1.82, 2.24) is 9.80 Å². The summed E-state index contributed by atoms with van der Waals surface area (Å²) in [4.78, 5) is 32.1. The molecular formula is C30H33F4N9O2. The number of nitrogens with two attached hydrogens (primary N) is 1. The Balaban J connectivity index is 1.40. The molecule has 3 aliphatic rings. The minimum atomic E-state index is -4.62. The van der Waals surface area contributed by atoms with Crippen LogP contribution in [0.3, 0.4) is 0 Å². The zero-order valence-electron chi connectivity index (χ0n) is 24.6. The van der Waals surface area contributed by atoms with Crippen molar-refractivity contribution in [2.24, 2.45) is 20.7 Å². The van der Waals surface area contributed by atoms with Crippen LogP contribution in [0.5, 0.6) is 0 Å². The van der Waals surface area contributed by atoms with Gasteiger partial charge in [0.15, 0.2) is 0 Å². The normalized spacial score (nSPS) is 19.8. The number of hydrogen-bond donors (Lipinski definition) is 3. The number of morpholine rings is 1. The molecule has 0 radical (unpaired) electrons. The summed E-state index contributed by atoms with van der Waals surface area (Å²) >= 11 is 0. The number of hydrogen-bond acceptors (Lipinski definition) is 10. The number of likely N-dealkylation sites (N-methyl/N-ethyl adjacent to an activating group) is 1. The Hall–Kier alpha value is -4.76. The number of anilines is 3. The molecule has 0 unspecified atom stereocenters. The summed E-state index contributed by atoms with van der Waals surface area (Å²) in [5, 5.41) is 5.29. The molecule has 0 aromatic heterocycles. The van der Waals surface area contributed by atoms with E-state index in [2.05, 4.69) is 37.1 Å². The van der Waals surface area contributed by atoms with E-state index in [1.54, 1.807) is 0 Å². The van der Waals surface area contributed by atoms with Gasteiger partial charge in [-0.2, -0.15) is 13.2 Å². The minimum Gasteiger partial charge on any atom is -0.383 e. The number of guanidine groups is 1. The largest absolute Gasteiger partial charge is 0.416 e. The van der Waals surface area contributed by atoms with Crippen LogP contribution in [0.4, 0.5) is 34.6 Å². The first-order chi connectivity index (χ1) is 21.5. The van der Waals surface area contributed by atoms with Crippen molar-refractivity contribution in [2.75, 3.05) is 75.1 Å². The molecule has 11 nitrogen and oxygen atoms in total. The molecule has 2 aromatic rings. The lowest BCUT2D eigenvalue weighted by Crippen LogP contribution is -2.44. The summed E-state index contributed by atoms with van der Waals surface area (Å²) in [5.74, 6) is -1.15. The van der Waals surface area contributed by atoms with Crippen molar-refractivity contribution in [3.63, 3.8) is 0 Å². The lowest BCUT2D eigenvalue weighted by atomic mass is 10.1. The average molecular weight is 628 g/mol. The molecule has 3 heterocycles. The third-order valence-electron chi connectivity index (χ3n) is 7.41. The summed E-state index contributed by atoms with van der Waals surface area (Å²) in [6.07, 6.45) is -1.87. The van der Waals surface area contributed by atoms with Crippen molar-refractivity contribution in [1.29, 1.82) is 0 Å². The fourth-order valence-electron chi connectivity index (χ4n) is 4.94. The summed E-state index contributed by atoms with van der Waals surface area (Å²) in [7, 11) is 1.94. The van der Waals surface area contributed by atoms with E-state index in [0.717, 1.165) is 18.2 Å². The number of nitrogens with one attached hydrogen (secondary N) is 2. The first-order valence-corrected chi connectivity index (χ1v) is 14.2. The Labute approximate surface area is 257 Å². The van der Waals surface area contributed by atoms with Crippen molar-refractivity contribution in [3.05, 3.63) is 77.6 Å². The monoisotopic (exact) mass is 627 g/mol. The second-order valence-corrected chi connectivity index (χ2v) is 10.6. The molecule has 4 N–H and O–H groups in total. The summed E-state index contributed by atoms with van der Waals surface area (Å²) < 4.78 is 61.6. The van der Waals surface area contributed by atoms with Crippen molar-refractivity contribution >= 4 is 40.9 Å². The molecule has 1 amide bonds. The van der Waals surface area contributed by atoms with Crippen LogP contribution in [0, 0.1) is 5.82 Å². The number of benzene rings is 2. The Morgan fingerprint density at radius 3 is 2.47 bits per heavy atom. The first kappa shape index (κ1) is 31.7. The van der Waals surface area contributed by atoms with Gasteiger partial charge in [0.1, 0.15) is 23.0 Å². The number of halogens is 4. The number of piperazine rings is 1. The fourth-order valence-corrected chi connectivity index (χ4v) is 4.94. The molecule has 0 atom stereocenters. The minimum absolute atomic E-state index is 0.0158. The van der Waals surface area contributed by atoms with Crippen LogP contribution in [0.15, 0.2) is 75.7 Å². The quantitative estimate of drug-likeness (QED) is 0.417. The molecule has 2 saturated heterocycles. The van der Waals surface area contributed by atoms with Crippen LogP contribution in [0.25, 0.3) is 0 Å². The highest BCUT2D eigenvalue weighted by Crippen LogP contribution is 2.35. The van der Waals surface area contributed by atoms with Crippen molar-refractivity contribution in [3.8, 4) is 0 Å². The number of carbonyl (C=O) groups excluding carboxylic acids is 1. The fraction of sp³-hybridized carbons (Fsp3) is 0.333. The van der Waals surface area contributed by atoms with Gasteiger partial charge in [0, 0.05) is 62.4 Å². The molecule has 0 bridgehead atoms. The number of ether oxygens (including phenoxy) is 1. The molecule has 2 aromatic carbocycles. The van der Waals surface area contributed by atoms with Gasteiger partial charge in [0.05, 0.1) is 30.7 Å². The summed E-state index contributed by atoms with van der Waals surface area (Å²) in [6, 6.07) is 6.93. The van der Waals surface area contributed by atoms with Gasteiger partial charge >= 0.3 is 6.18 Å². The van der Waals surface area contributed by atoms with E-state index in [9.17, 15) is 22.4 Å². The van der Waals surface area contributed by atoms with Crippen LogP contribution >= 0.6 is 0 Å². The number of aliphatic imine (C=N–C) groups is 3. The highest BCUT2D eigenvalue weighted by Gasteiger charge is 2.32. The number of rotatable bonds is 6. The summed E-state index contributed by atoms with van der Waals surface area (Å²) in [5.41, 5.74) is 6.03. The van der Waals surface area contributed by atoms with Gasteiger partial charge in [0.25, 0.3) is 5.91 Å². The standard InChI is InChI=1S/C30H33F4N9O2/c1-3-36-25-18-37-29(43-10-12-45-13-11-43)40-26(25)27(35)39-24-14-19(4-5-23(24)31)28(44)38-21-15-20(30(32,33)34)16-22(17-21)42-8-6-41(2)7-9-42/h3-5,14-18,39H,1,6-13,35H2,2H3,(H,38,44)/b27-26-,36-25-. The Kier molecular flexibility index (Phi) is 9.48. The highest BCUT2D eigenvalue weighted by molar-refractivity contribution is 6.41. The number of carbonyl (C=O) groups is 1. The molecule has 0 spiro atoms. The number of alkyl halides is 3. The molecule has 238 valence electrons. The van der Waals surface area contributed by atoms with Crippen molar-refractivity contribution in [2.45, 2.75) is 6.18 Å². The SMILES string of the molecule is C=C/N=C1/C=NC(N2CCOCC2)=N/C1=C(/N)Nc1cc(C(=O)Nc2cc(N3CCN(C)CC3)cc(C(F)(F)F)c2)ccc1F. The first-order valence-electron chi connectivity index (χ1n) is 14.2. The van der Waals surface area contributed by atoms with E-state index in [-0.39, 0.29) is 34.2 Å². The average Bonchev–Trinajstić information content (AvgIpc) is 3.02. The Morgan fingerprint density at radius 2 is 1.78 bits per heavy atom. The lowest BCUT2D eigenvalue weighted by Gasteiger charge is -2.34. The molecule has 0 saturated carbocycles. The van der Waals surface area contributed by atoms with Crippen molar-refractivity contribution < 1.29 is 27.1 Å². The Bertz CT molecular complexity index is 1570. The van der Waals surface area contributed by atoms with Gasteiger partial charge in [-0.1, -0.05) is 6.58 Å². The lowest BCUT2D eigenvalue weighted by molar-refractivity contribution is -0.137. The van der Waals surface area contributed by atoms with Crippen LogP contribution in [-0.2, 0) is 10.9 Å². The third kappa shape index (κ3) is 7.67. The predicted octanol–water partition coefficient (Wildman–Crippen LogP) is 3.75. The van der Waals surface area contributed by atoms with E-state index in [1.165, 1.54) is 30.6 Å². The zero-order valence-corrected chi connectivity index (χ0v) is 24.6. The summed E-state index contributed by atoms with van der Waals surface area (Å²) in [6.45, 7) is 8.21. The van der Waals surface area contributed by atoms with Gasteiger partial charge in [-0.3, -0.25) is 9.79 Å². The molecule has 45 heavy (non-hydrogen) atoms. The smallest absolute Gasteiger partial charge is 0.383 e. The zero-order chi connectivity index (χ0) is 32.1. The molecular weight excluding hydrogens is 594 g/mol. The molecule has 3 aliphatic heterocycles. The maximum absolute atomic E-state index is 14.9. The Morgan fingerprint density at radius 1 is 1.04 bits per heavy atom. The van der Waals surface area contributed by atoms with E-state index >= 15 is 0 Å². The third-order valence-corrected chi connectivity index (χ3v) is 7.41. The van der Waals surface area contributed by atoms with Crippen LogP contribution in [0.2, 0.25) is 0 Å². The molecule has 5 rings (SSSR count). The van der Waals surface area contributed by atoms with Crippen LogP contribution in [0.1, 0.15) is 15.9 Å². The highest BCUT2D eigenvalue weighted by atomic mass is 19.4. The van der Waals surface area contributed by atoms with Gasteiger partial charge in [0.2, 0.25) is 5.96 Å². The molecule has 15 heteroatoms. The number of nitrogens with zero attached hydrogens (tertiary/aromatic N) is 6. The maximum atomic E-state index is 14.9. The second kappa shape index (κ2) is 13.5. The van der Waals surface area contributed by atoms with Gasteiger partial charge in [-0.05, 0) is 43.4 Å². The molecule has 0 aliphatic carbocycles. The van der Waals surface area contributed by atoms with E-state index < -0.39 is 23.5 Å². The van der Waals surface area contributed by atoms with Crippen LogP contribution < -0.4 is 21.3 Å². The van der Waals surface area contributed by atoms with E-state index in [0.29, 0.717) is 64.1 Å². The maximum Gasteiger partial charge on any atom is 0.416 e.